The highest BCUT2D eigenvalue weighted by Crippen LogP contribution is 2.19. The number of thiocyanates is 1. The second-order valence-electron chi connectivity index (χ2n) is 3.55. The van der Waals surface area contributed by atoms with Gasteiger partial charge in [0.1, 0.15) is 5.40 Å². The van der Waals surface area contributed by atoms with Crippen molar-refractivity contribution in [1.29, 1.82) is 5.26 Å². The maximum atomic E-state index is 8.55. The van der Waals surface area contributed by atoms with Gasteiger partial charge in [0.15, 0.2) is 5.11 Å². The third-order valence-electron chi connectivity index (χ3n) is 2.20. The van der Waals surface area contributed by atoms with Gasteiger partial charge in [-0.15, -0.1) is 0 Å². The lowest BCUT2D eigenvalue weighted by molar-refractivity contribution is 0.923. The quantitative estimate of drug-likeness (QED) is 0.518. The van der Waals surface area contributed by atoms with Gasteiger partial charge in [-0.05, 0) is 61.2 Å². The van der Waals surface area contributed by atoms with E-state index in [-0.39, 0.29) is 0 Å². The van der Waals surface area contributed by atoms with Gasteiger partial charge in [0.2, 0.25) is 0 Å². The Morgan fingerprint density at radius 1 is 1.39 bits per heavy atom. The van der Waals surface area contributed by atoms with Crippen LogP contribution in [0.15, 0.2) is 41.4 Å². The zero-order valence-corrected chi connectivity index (χ0v) is 11.3. The summed E-state index contributed by atoms with van der Waals surface area (Å²) in [6.07, 6.45) is 1.81. The number of rotatable bonds is 2. The van der Waals surface area contributed by atoms with Crippen LogP contribution in [0.25, 0.3) is 0 Å². The average molecular weight is 274 g/mol. The van der Waals surface area contributed by atoms with E-state index in [1.165, 1.54) is 0 Å². The molecule has 1 N–H and O–H groups in total. The van der Waals surface area contributed by atoms with Crippen LogP contribution in [0.5, 0.6) is 0 Å². The number of nitrogens with zero attached hydrogens (tertiary/aromatic N) is 3. The van der Waals surface area contributed by atoms with Gasteiger partial charge in [-0.3, -0.25) is 0 Å². The van der Waals surface area contributed by atoms with Crippen LogP contribution in [0.3, 0.4) is 0 Å². The Kier molecular flexibility index (Phi) is 3.97. The molecule has 1 heterocycles. The van der Waals surface area contributed by atoms with Gasteiger partial charge < -0.3 is 5.32 Å². The molecule has 0 atom stereocenters. The van der Waals surface area contributed by atoms with Crippen molar-refractivity contribution >= 4 is 34.8 Å². The summed E-state index contributed by atoms with van der Waals surface area (Å²) in [5.41, 5.74) is 1.79. The predicted octanol–water partition coefficient (Wildman–Crippen LogP) is 3.01. The number of thiocarbonyl (C=S) groups is 1. The van der Waals surface area contributed by atoms with Crippen molar-refractivity contribution in [1.82, 2.24) is 9.78 Å². The molecule has 6 heteroatoms. The van der Waals surface area contributed by atoms with E-state index < -0.39 is 0 Å². The first-order chi connectivity index (χ1) is 8.69. The van der Waals surface area contributed by atoms with Crippen LogP contribution in [0.2, 0.25) is 0 Å². The first kappa shape index (κ1) is 12.6. The lowest BCUT2D eigenvalue weighted by Gasteiger charge is -2.07. The fourth-order valence-corrected chi connectivity index (χ4v) is 1.97. The van der Waals surface area contributed by atoms with Gasteiger partial charge in [-0.1, -0.05) is 0 Å². The molecular formula is C12H10N4S2. The molecule has 0 unspecified atom stereocenters. The molecule has 1 aromatic heterocycles. The molecule has 0 saturated heterocycles. The molecule has 2 rings (SSSR count). The molecule has 0 amide bonds. The smallest absolute Gasteiger partial charge is 0.198 e. The Bertz CT molecular complexity index is 595. The summed E-state index contributed by atoms with van der Waals surface area (Å²) in [6, 6.07) is 9.38. The van der Waals surface area contributed by atoms with Crippen molar-refractivity contribution < 1.29 is 0 Å². The molecule has 0 aliphatic rings. The van der Waals surface area contributed by atoms with Crippen molar-refractivity contribution in [3.05, 3.63) is 42.2 Å². The van der Waals surface area contributed by atoms with E-state index in [2.05, 4.69) is 10.4 Å². The van der Waals surface area contributed by atoms with E-state index in [0.29, 0.717) is 5.11 Å². The number of hydrogen-bond donors (Lipinski definition) is 1. The highest BCUT2D eigenvalue weighted by atomic mass is 32.2. The number of hydrogen-bond acceptors (Lipinski definition) is 4. The molecule has 2 aromatic rings. The predicted molar refractivity (Wildman–Crippen MR) is 76.5 cm³/mol. The number of aryl methyl sites for hydroxylation is 1. The van der Waals surface area contributed by atoms with E-state index in [1.54, 1.807) is 4.68 Å². The molecule has 4 nitrogen and oxygen atoms in total. The number of nitrogens with one attached hydrogen (secondary N) is 1. The minimum atomic E-state index is 0.517. The molecule has 0 aliphatic heterocycles. The SMILES string of the molecule is Cc1ccn(C(=S)Nc2ccc(SC#N)cc2)n1. The monoisotopic (exact) mass is 274 g/mol. The number of anilines is 1. The number of nitriles is 1. The molecular weight excluding hydrogens is 264 g/mol. The van der Waals surface area contributed by atoms with E-state index in [1.807, 2.05) is 48.9 Å². The van der Waals surface area contributed by atoms with Gasteiger partial charge in [-0.2, -0.15) is 10.4 Å². The average Bonchev–Trinajstić information content (AvgIpc) is 2.79. The summed E-state index contributed by atoms with van der Waals surface area (Å²) in [5.74, 6) is 0. The van der Waals surface area contributed by atoms with Crippen LogP contribution < -0.4 is 5.32 Å². The second kappa shape index (κ2) is 5.67. The summed E-state index contributed by atoms with van der Waals surface area (Å²) in [6.45, 7) is 1.91. The van der Waals surface area contributed by atoms with Gasteiger partial charge in [0, 0.05) is 16.8 Å². The Balaban J connectivity index is 2.05. The third-order valence-corrected chi connectivity index (χ3v) is 3.09. The summed E-state index contributed by atoms with van der Waals surface area (Å²) in [4.78, 5) is 0.906. The largest absolute Gasteiger partial charge is 0.331 e. The maximum Gasteiger partial charge on any atom is 0.198 e. The Labute approximate surface area is 115 Å². The van der Waals surface area contributed by atoms with E-state index in [0.717, 1.165) is 28.0 Å². The van der Waals surface area contributed by atoms with Crippen molar-refractivity contribution in [3.63, 3.8) is 0 Å². The number of thioether (sulfide) groups is 1. The Morgan fingerprint density at radius 3 is 2.67 bits per heavy atom. The van der Waals surface area contributed by atoms with Gasteiger partial charge in [-0.25, -0.2) is 4.68 Å². The first-order valence-corrected chi connectivity index (χ1v) is 6.41. The van der Waals surface area contributed by atoms with Crippen molar-refractivity contribution in [3.8, 4) is 5.40 Å². The topological polar surface area (TPSA) is 53.6 Å². The molecule has 0 spiro atoms. The summed E-state index contributed by atoms with van der Waals surface area (Å²) < 4.78 is 1.61. The first-order valence-electron chi connectivity index (χ1n) is 5.18. The fourth-order valence-electron chi connectivity index (χ4n) is 1.37. The Morgan fingerprint density at radius 2 is 2.11 bits per heavy atom. The lowest BCUT2D eigenvalue weighted by Crippen LogP contribution is -2.19. The number of benzene rings is 1. The zero-order valence-electron chi connectivity index (χ0n) is 9.62. The van der Waals surface area contributed by atoms with Crippen LogP contribution in [-0.4, -0.2) is 14.9 Å². The van der Waals surface area contributed by atoms with Crippen molar-refractivity contribution in [2.45, 2.75) is 11.8 Å². The highest BCUT2D eigenvalue weighted by molar-refractivity contribution is 8.03. The third kappa shape index (κ3) is 3.09. The molecule has 1 aromatic carbocycles. The summed E-state index contributed by atoms with van der Waals surface area (Å²) >= 11 is 6.36. The van der Waals surface area contributed by atoms with Crippen LogP contribution in [0, 0.1) is 17.6 Å². The molecule has 0 radical (unpaired) electrons. The Hall–Kier alpha value is -1.84. The summed E-state index contributed by atoms with van der Waals surface area (Å²) in [7, 11) is 0. The van der Waals surface area contributed by atoms with Crippen molar-refractivity contribution in [2.24, 2.45) is 0 Å². The van der Waals surface area contributed by atoms with E-state index >= 15 is 0 Å². The normalized spacial score (nSPS) is 9.78. The van der Waals surface area contributed by atoms with E-state index in [4.69, 9.17) is 17.5 Å². The van der Waals surface area contributed by atoms with Crippen LogP contribution in [0.1, 0.15) is 5.69 Å². The molecule has 90 valence electrons. The van der Waals surface area contributed by atoms with Crippen LogP contribution in [0.4, 0.5) is 5.69 Å². The molecule has 0 aliphatic carbocycles. The van der Waals surface area contributed by atoms with Gasteiger partial charge in [0.05, 0.1) is 5.69 Å². The zero-order chi connectivity index (χ0) is 13.0. The minimum Gasteiger partial charge on any atom is -0.331 e. The maximum absolute atomic E-state index is 8.55. The second-order valence-corrected chi connectivity index (χ2v) is 4.79. The van der Waals surface area contributed by atoms with E-state index in [9.17, 15) is 0 Å². The lowest BCUT2D eigenvalue weighted by atomic mass is 10.3. The van der Waals surface area contributed by atoms with Crippen LogP contribution >= 0.6 is 24.0 Å². The molecule has 0 saturated carbocycles. The summed E-state index contributed by atoms with van der Waals surface area (Å²) in [5, 5.41) is 18.4. The molecule has 18 heavy (non-hydrogen) atoms. The van der Waals surface area contributed by atoms with Gasteiger partial charge >= 0.3 is 0 Å². The molecule has 0 bridgehead atoms. The van der Waals surface area contributed by atoms with Crippen molar-refractivity contribution in [2.75, 3.05) is 5.32 Å². The highest BCUT2D eigenvalue weighted by Gasteiger charge is 2.02. The van der Waals surface area contributed by atoms with Crippen LogP contribution in [-0.2, 0) is 0 Å². The number of aromatic nitrogens is 2. The standard InChI is InChI=1S/C12H10N4S2/c1-9-6-7-16(15-9)12(17)14-10-2-4-11(5-3-10)18-8-13/h2-7H,1H3,(H,14,17). The fraction of sp³-hybridized carbons (Fsp3) is 0.0833. The molecule has 0 fully saturated rings. The minimum absolute atomic E-state index is 0.517. The van der Waals surface area contributed by atoms with Gasteiger partial charge in [0.25, 0.3) is 0 Å².